The van der Waals surface area contributed by atoms with E-state index in [1.54, 1.807) is 6.92 Å². The Kier molecular flexibility index (Phi) is 19.4. The van der Waals surface area contributed by atoms with E-state index in [4.69, 9.17) is 21.4 Å². The maximum atomic E-state index is 10.6. The fraction of sp³-hybridized carbons (Fsp3) is 0.917. The van der Waals surface area contributed by atoms with E-state index in [1.807, 2.05) is 0 Å². The highest BCUT2D eigenvalue weighted by molar-refractivity contribution is 6.26. The van der Waals surface area contributed by atoms with Crippen LogP contribution in [0.1, 0.15) is 52.4 Å². The van der Waals surface area contributed by atoms with Crippen LogP contribution in [-0.4, -0.2) is 30.2 Å². The predicted octanol–water partition coefficient (Wildman–Crippen LogP) is 3.13. The number of hydrogen-bond donors (Lipinski definition) is 1. The van der Waals surface area contributed by atoms with Crippen LogP contribution in [0.4, 0.5) is 0 Å². The summed E-state index contributed by atoms with van der Waals surface area (Å²) in [6.07, 6.45) is 7.22. The van der Waals surface area contributed by atoms with E-state index in [2.05, 4.69) is 6.92 Å². The van der Waals surface area contributed by atoms with Gasteiger partial charge in [-0.15, -0.1) is 11.6 Å². The second kappa shape index (κ2) is 17.1. The number of aliphatic hydroxyl groups excluding tert-OH is 1. The molecular weight excluding hydrogens is 228 g/mol. The van der Waals surface area contributed by atoms with Crippen LogP contribution >= 0.6 is 11.6 Å². The lowest BCUT2D eigenvalue weighted by Crippen LogP contribution is -2.06. The van der Waals surface area contributed by atoms with Gasteiger partial charge in [0.2, 0.25) is 0 Å². The van der Waals surface area contributed by atoms with Crippen molar-refractivity contribution in [2.45, 2.75) is 52.4 Å². The summed E-state index contributed by atoms with van der Waals surface area (Å²) in [5, 5.41) is 7.57. The zero-order valence-corrected chi connectivity index (χ0v) is 11.3. The number of carbonyl (C=O) groups excluding carboxylic acids is 1. The van der Waals surface area contributed by atoms with Crippen molar-refractivity contribution in [2.24, 2.45) is 0 Å². The van der Waals surface area contributed by atoms with E-state index in [1.165, 1.54) is 25.7 Å². The zero-order chi connectivity index (χ0) is 12.6. The quantitative estimate of drug-likeness (QED) is 0.410. The number of hydrogen-bond acceptors (Lipinski definition) is 3. The summed E-state index contributed by atoms with van der Waals surface area (Å²) in [5.41, 5.74) is 0. The lowest BCUT2D eigenvalue weighted by atomic mass is 10.1. The van der Waals surface area contributed by atoms with Gasteiger partial charge in [-0.3, -0.25) is 4.79 Å². The second-order valence-electron chi connectivity index (χ2n) is 3.44. The van der Waals surface area contributed by atoms with E-state index < -0.39 is 0 Å². The van der Waals surface area contributed by atoms with Gasteiger partial charge in [0.25, 0.3) is 0 Å². The minimum atomic E-state index is -0.310. The summed E-state index contributed by atoms with van der Waals surface area (Å²) in [7, 11) is 0. The van der Waals surface area contributed by atoms with E-state index in [0.29, 0.717) is 6.61 Å². The molecule has 0 amide bonds. The van der Waals surface area contributed by atoms with Crippen molar-refractivity contribution in [1.29, 1.82) is 0 Å². The number of alkyl halides is 1. The van der Waals surface area contributed by atoms with Crippen LogP contribution in [0, 0.1) is 0 Å². The van der Waals surface area contributed by atoms with Crippen molar-refractivity contribution in [3.63, 3.8) is 0 Å². The average Bonchev–Trinajstić information content (AvgIpc) is 2.28. The van der Waals surface area contributed by atoms with Crippen molar-refractivity contribution in [3.8, 4) is 0 Å². The second-order valence-corrected chi connectivity index (χ2v) is 3.71. The topological polar surface area (TPSA) is 46.5 Å². The largest absolute Gasteiger partial charge is 0.465 e. The van der Waals surface area contributed by atoms with Crippen LogP contribution in [0.15, 0.2) is 0 Å². The third-order valence-electron chi connectivity index (χ3n) is 1.87. The highest BCUT2D eigenvalue weighted by atomic mass is 35.5. The summed E-state index contributed by atoms with van der Waals surface area (Å²) >= 11 is 5.26. The Morgan fingerprint density at radius 2 is 1.62 bits per heavy atom. The van der Waals surface area contributed by atoms with Crippen LogP contribution < -0.4 is 0 Å². The molecule has 16 heavy (non-hydrogen) atoms. The van der Waals surface area contributed by atoms with Gasteiger partial charge < -0.3 is 9.84 Å². The summed E-state index contributed by atoms with van der Waals surface area (Å²) in [4.78, 5) is 10.6. The van der Waals surface area contributed by atoms with Gasteiger partial charge in [-0.25, -0.2) is 0 Å². The molecular formula is C12H25ClO3. The Hall–Kier alpha value is -0.280. The summed E-state index contributed by atoms with van der Waals surface area (Å²) in [6.45, 7) is 4.65. The molecule has 0 rings (SSSR count). The van der Waals surface area contributed by atoms with Crippen molar-refractivity contribution in [1.82, 2.24) is 0 Å². The molecule has 0 radical (unpaired) electrons. The Bertz CT molecular complexity index is 140. The van der Waals surface area contributed by atoms with Gasteiger partial charge in [0, 0.05) is 6.61 Å². The molecule has 0 atom stereocenters. The zero-order valence-electron chi connectivity index (χ0n) is 10.5. The Labute approximate surface area is 104 Å². The normalized spacial score (nSPS) is 9.25. The average molecular weight is 253 g/mol. The van der Waals surface area contributed by atoms with Gasteiger partial charge in [0.15, 0.2) is 0 Å². The first kappa shape index (κ1) is 18.1. The molecule has 3 nitrogen and oxygen atoms in total. The Balaban J connectivity index is 0. The molecule has 0 aromatic carbocycles. The maximum absolute atomic E-state index is 10.6. The monoisotopic (exact) mass is 252 g/mol. The highest BCUT2D eigenvalue weighted by Gasteiger charge is 1.97. The van der Waals surface area contributed by atoms with Crippen molar-refractivity contribution >= 4 is 17.6 Å². The number of halogens is 1. The molecule has 0 aliphatic heterocycles. The number of unbranched alkanes of at least 4 members (excludes halogenated alkanes) is 5. The standard InChI is InChI=1S/C10H19ClO2.C2H6O/c1-2-3-4-5-6-7-8-13-10(12)9-11;1-2-3/h2-9H2,1H3;3H,2H2,1H3. The first-order valence-corrected chi connectivity index (χ1v) is 6.58. The van der Waals surface area contributed by atoms with Gasteiger partial charge in [-0.1, -0.05) is 39.0 Å². The molecule has 0 spiro atoms. The number of carbonyl (C=O) groups is 1. The SMILES string of the molecule is CCCCCCCCOC(=O)CCl.CCO. The molecule has 0 fully saturated rings. The van der Waals surface area contributed by atoms with Gasteiger partial charge in [0.1, 0.15) is 5.88 Å². The van der Waals surface area contributed by atoms with Crippen molar-refractivity contribution < 1.29 is 14.6 Å². The van der Waals surface area contributed by atoms with Crippen LogP contribution in [-0.2, 0) is 9.53 Å². The molecule has 0 bridgehead atoms. The number of esters is 1. The number of ether oxygens (including phenoxy) is 1. The first-order valence-electron chi connectivity index (χ1n) is 6.05. The van der Waals surface area contributed by atoms with E-state index in [-0.39, 0.29) is 18.5 Å². The molecule has 0 unspecified atom stereocenters. The third-order valence-corrected chi connectivity index (χ3v) is 2.09. The minimum Gasteiger partial charge on any atom is -0.465 e. The fourth-order valence-electron chi connectivity index (χ4n) is 1.11. The molecule has 0 aromatic rings. The van der Waals surface area contributed by atoms with Crippen molar-refractivity contribution in [2.75, 3.05) is 19.1 Å². The Morgan fingerprint density at radius 3 is 2.12 bits per heavy atom. The maximum Gasteiger partial charge on any atom is 0.320 e. The summed E-state index contributed by atoms with van der Waals surface area (Å²) < 4.78 is 4.83. The highest BCUT2D eigenvalue weighted by Crippen LogP contribution is 2.04. The van der Waals surface area contributed by atoms with Crippen LogP contribution in [0.3, 0.4) is 0 Å². The molecule has 0 aliphatic rings. The Morgan fingerprint density at radius 1 is 1.12 bits per heavy atom. The van der Waals surface area contributed by atoms with Gasteiger partial charge in [-0.05, 0) is 13.3 Å². The molecule has 0 saturated carbocycles. The predicted molar refractivity (Wildman–Crippen MR) is 67.8 cm³/mol. The summed E-state index contributed by atoms with van der Waals surface area (Å²) in [6, 6.07) is 0. The van der Waals surface area contributed by atoms with Gasteiger partial charge >= 0.3 is 5.97 Å². The summed E-state index contributed by atoms with van der Waals surface area (Å²) in [5.74, 6) is -0.342. The number of aliphatic hydroxyl groups is 1. The van der Waals surface area contributed by atoms with Crippen LogP contribution in [0.5, 0.6) is 0 Å². The molecule has 98 valence electrons. The first-order chi connectivity index (χ1) is 7.72. The van der Waals surface area contributed by atoms with Crippen LogP contribution in [0.2, 0.25) is 0 Å². The lowest BCUT2D eigenvalue weighted by molar-refractivity contribution is -0.140. The minimum absolute atomic E-state index is 0.0319. The van der Waals surface area contributed by atoms with E-state index in [9.17, 15) is 4.79 Å². The molecule has 4 heteroatoms. The number of rotatable bonds is 8. The molecule has 0 saturated heterocycles. The smallest absolute Gasteiger partial charge is 0.320 e. The lowest BCUT2D eigenvalue weighted by Gasteiger charge is -2.02. The third kappa shape index (κ3) is 19.3. The van der Waals surface area contributed by atoms with Gasteiger partial charge in [0.05, 0.1) is 6.61 Å². The van der Waals surface area contributed by atoms with E-state index >= 15 is 0 Å². The molecule has 0 aromatic heterocycles. The fourth-order valence-corrected chi connectivity index (χ4v) is 1.18. The molecule has 0 aliphatic carbocycles. The van der Waals surface area contributed by atoms with Crippen molar-refractivity contribution in [3.05, 3.63) is 0 Å². The van der Waals surface area contributed by atoms with Crippen LogP contribution in [0.25, 0.3) is 0 Å². The molecule has 1 N–H and O–H groups in total. The molecule has 0 heterocycles. The van der Waals surface area contributed by atoms with Gasteiger partial charge in [-0.2, -0.15) is 0 Å². The van der Waals surface area contributed by atoms with E-state index in [0.717, 1.165) is 12.8 Å².